The van der Waals surface area contributed by atoms with Crippen LogP contribution in [0.2, 0.25) is 5.02 Å². The summed E-state index contributed by atoms with van der Waals surface area (Å²) in [4.78, 5) is 0. The molecule has 0 bridgehead atoms. The van der Waals surface area contributed by atoms with Gasteiger partial charge in [0.2, 0.25) is 0 Å². The van der Waals surface area contributed by atoms with Crippen LogP contribution in [-0.4, -0.2) is 0 Å². The molecule has 2 heteroatoms. The highest BCUT2D eigenvalue weighted by molar-refractivity contribution is 14.1. The van der Waals surface area contributed by atoms with E-state index in [-0.39, 0.29) is 0 Å². The van der Waals surface area contributed by atoms with Crippen molar-refractivity contribution >= 4 is 34.2 Å². The minimum absolute atomic E-state index is 0.827. The molecule has 1 rings (SSSR count). The van der Waals surface area contributed by atoms with Gasteiger partial charge in [0.05, 0.1) is 5.02 Å². The zero-order chi connectivity index (χ0) is 5.98. The Hall–Kier alpha value is 0.240. The fourth-order valence-corrected chi connectivity index (χ4v) is 0.962. The van der Waals surface area contributed by atoms with Gasteiger partial charge in [0.25, 0.3) is 0 Å². The highest BCUT2D eigenvalue weighted by atomic mass is 131. The van der Waals surface area contributed by atoms with Gasteiger partial charge in [-0.2, -0.15) is 0 Å². The van der Waals surface area contributed by atoms with E-state index >= 15 is 0 Å². The first-order chi connectivity index (χ1) is 3.80. The predicted octanol–water partition coefficient (Wildman–Crippen LogP) is 2.94. The van der Waals surface area contributed by atoms with Gasteiger partial charge in [-0.15, -0.1) is 0 Å². The van der Waals surface area contributed by atoms with Gasteiger partial charge >= 0.3 is 0 Å². The van der Waals surface area contributed by atoms with Gasteiger partial charge in [0.15, 0.2) is 0 Å². The van der Waals surface area contributed by atoms with Crippen molar-refractivity contribution in [3.63, 3.8) is 0 Å². The molecule has 0 radical (unpaired) electrons. The van der Waals surface area contributed by atoms with Crippen molar-refractivity contribution in [2.45, 2.75) is 0 Å². The third kappa shape index (κ3) is 1.36. The lowest BCUT2D eigenvalue weighted by Crippen LogP contribution is -1.67. The second-order valence-electron chi connectivity index (χ2n) is 1.41. The monoisotopic (exact) mass is 242 g/mol. The van der Waals surface area contributed by atoms with Crippen LogP contribution in [-0.2, 0) is 0 Å². The summed E-state index contributed by atoms with van der Waals surface area (Å²) in [5, 5.41) is 0.827. The standard InChI is InChI=1S/C6H4ClI/c7-5-3-1-2-4-6(5)8/h1-4H/i8+4. The molecule has 0 atom stereocenters. The Bertz CT molecular complexity index is 165. The zero-order valence-electron chi connectivity index (χ0n) is 4.07. The van der Waals surface area contributed by atoms with Gasteiger partial charge < -0.3 is 0 Å². The van der Waals surface area contributed by atoms with Gasteiger partial charge in [-0.25, -0.2) is 0 Å². The summed E-state index contributed by atoms with van der Waals surface area (Å²) in [6.45, 7) is 0. The van der Waals surface area contributed by atoms with E-state index in [1.54, 1.807) is 0 Å². The van der Waals surface area contributed by atoms with E-state index in [1.165, 1.54) is 0 Å². The van der Waals surface area contributed by atoms with E-state index in [0.717, 1.165) is 8.59 Å². The molecule has 1 aromatic carbocycles. The first kappa shape index (κ1) is 6.36. The van der Waals surface area contributed by atoms with E-state index in [1.807, 2.05) is 24.3 Å². The van der Waals surface area contributed by atoms with Crippen molar-refractivity contribution in [1.29, 1.82) is 0 Å². The summed E-state index contributed by atoms with van der Waals surface area (Å²) < 4.78 is 1.10. The Labute approximate surface area is 67.0 Å². The van der Waals surface area contributed by atoms with Gasteiger partial charge in [0.1, 0.15) is 0 Å². The Kier molecular flexibility index (Phi) is 2.14. The van der Waals surface area contributed by atoms with Gasteiger partial charge in [-0.1, -0.05) is 23.7 Å². The summed E-state index contributed by atoms with van der Waals surface area (Å²) in [5.41, 5.74) is 0. The van der Waals surface area contributed by atoms with Crippen LogP contribution in [0.3, 0.4) is 0 Å². The number of rotatable bonds is 0. The maximum Gasteiger partial charge on any atom is 0.0539 e. The second-order valence-corrected chi connectivity index (χ2v) is 2.98. The van der Waals surface area contributed by atoms with Crippen molar-refractivity contribution in [2.24, 2.45) is 0 Å². The maximum absolute atomic E-state index is 5.70. The Morgan fingerprint density at radius 1 is 1.25 bits per heavy atom. The smallest absolute Gasteiger partial charge is 0.0539 e. The van der Waals surface area contributed by atoms with Gasteiger partial charge in [-0.3, -0.25) is 0 Å². The van der Waals surface area contributed by atoms with Crippen LogP contribution in [0.4, 0.5) is 0 Å². The molecular formula is C6H4ClI. The molecule has 8 heavy (non-hydrogen) atoms. The average molecular weight is 242 g/mol. The molecule has 0 fully saturated rings. The van der Waals surface area contributed by atoms with E-state index in [9.17, 15) is 0 Å². The lowest BCUT2D eigenvalue weighted by atomic mass is 10.4. The van der Waals surface area contributed by atoms with Crippen molar-refractivity contribution in [2.75, 3.05) is 0 Å². The number of halogens is 2. The van der Waals surface area contributed by atoms with E-state index in [0.29, 0.717) is 0 Å². The zero-order valence-corrected chi connectivity index (χ0v) is 6.98. The van der Waals surface area contributed by atoms with Crippen LogP contribution in [0.5, 0.6) is 0 Å². The molecule has 42 valence electrons. The van der Waals surface area contributed by atoms with Crippen molar-refractivity contribution < 1.29 is 0 Å². The molecule has 0 unspecified atom stereocenters. The fraction of sp³-hybridized carbons (Fsp3) is 0. The molecule has 0 amide bonds. The van der Waals surface area contributed by atoms with Crippen LogP contribution in [0.15, 0.2) is 24.3 Å². The Balaban J connectivity index is 3.13. The van der Waals surface area contributed by atoms with Crippen molar-refractivity contribution in [1.82, 2.24) is 0 Å². The lowest BCUT2D eigenvalue weighted by Gasteiger charge is -1.89. The second kappa shape index (κ2) is 2.69. The number of benzene rings is 1. The van der Waals surface area contributed by atoms with Gasteiger partial charge in [0, 0.05) is 3.57 Å². The van der Waals surface area contributed by atoms with E-state index in [2.05, 4.69) is 22.6 Å². The lowest BCUT2D eigenvalue weighted by molar-refractivity contribution is 1.65. The highest BCUT2D eigenvalue weighted by Gasteiger charge is 1.88. The number of hydrogen-bond acceptors (Lipinski definition) is 0. The summed E-state index contributed by atoms with van der Waals surface area (Å²) >= 11 is 7.89. The van der Waals surface area contributed by atoms with Crippen LogP contribution in [0.25, 0.3) is 0 Å². The molecule has 0 heterocycles. The summed E-state index contributed by atoms with van der Waals surface area (Å²) in [6, 6.07) is 7.74. The molecule has 1 aromatic rings. The normalized spacial score (nSPS) is 9.25. The molecule has 0 N–H and O–H groups in total. The molecule has 0 aliphatic rings. The van der Waals surface area contributed by atoms with Crippen LogP contribution < -0.4 is 0 Å². The Morgan fingerprint density at radius 2 is 1.88 bits per heavy atom. The topological polar surface area (TPSA) is 0 Å². The molecule has 0 nitrogen and oxygen atoms in total. The molecule has 0 saturated heterocycles. The maximum atomic E-state index is 5.70. The van der Waals surface area contributed by atoms with Crippen molar-refractivity contribution in [3.8, 4) is 0 Å². The first-order valence-corrected chi connectivity index (χ1v) is 3.66. The minimum Gasteiger partial charge on any atom is -0.0832 e. The van der Waals surface area contributed by atoms with E-state index < -0.39 is 0 Å². The number of hydrogen-bond donors (Lipinski definition) is 0. The van der Waals surface area contributed by atoms with Crippen LogP contribution in [0, 0.1) is 3.57 Å². The van der Waals surface area contributed by atoms with Crippen LogP contribution in [0.1, 0.15) is 0 Å². The molecule has 0 aromatic heterocycles. The van der Waals surface area contributed by atoms with Gasteiger partial charge in [-0.05, 0) is 34.7 Å². The first-order valence-electron chi connectivity index (χ1n) is 2.21. The van der Waals surface area contributed by atoms with Crippen molar-refractivity contribution in [3.05, 3.63) is 32.9 Å². The third-order valence-corrected chi connectivity index (χ3v) is 2.41. The quantitative estimate of drug-likeness (QED) is 0.614. The highest BCUT2D eigenvalue weighted by Crippen LogP contribution is 2.15. The average Bonchev–Trinajstić information content (AvgIpc) is 1.77. The molecule has 0 spiro atoms. The summed E-state index contributed by atoms with van der Waals surface area (Å²) in [6.07, 6.45) is 0. The summed E-state index contributed by atoms with van der Waals surface area (Å²) in [7, 11) is 0. The SMILES string of the molecule is Clc1ccccc1[131I]. The molecular weight excluding hydrogens is 238 g/mol. The minimum atomic E-state index is 0.827. The summed E-state index contributed by atoms with van der Waals surface area (Å²) in [5.74, 6) is 0. The molecule has 0 aliphatic heterocycles. The Morgan fingerprint density at radius 3 is 2.25 bits per heavy atom. The molecule has 0 aliphatic carbocycles. The fourth-order valence-electron chi connectivity index (χ4n) is 0.439. The van der Waals surface area contributed by atoms with E-state index in [4.69, 9.17) is 11.6 Å². The predicted molar refractivity (Wildman–Crippen MR) is 44.2 cm³/mol. The largest absolute Gasteiger partial charge is 0.0832 e. The molecule has 0 saturated carbocycles. The third-order valence-electron chi connectivity index (χ3n) is 0.824. The van der Waals surface area contributed by atoms with Crippen LogP contribution >= 0.6 is 34.2 Å².